The van der Waals surface area contributed by atoms with E-state index >= 15 is 0 Å². The van der Waals surface area contributed by atoms with Crippen molar-refractivity contribution in [2.24, 2.45) is 0 Å². The minimum atomic E-state index is -1.37. The number of ether oxygens (including phenoxy) is 2. The van der Waals surface area contributed by atoms with Crippen LogP contribution in [-0.2, 0) is 9.47 Å². The van der Waals surface area contributed by atoms with Gasteiger partial charge in [0.05, 0.1) is 0 Å². The van der Waals surface area contributed by atoms with Crippen molar-refractivity contribution >= 4 is 0 Å². The summed E-state index contributed by atoms with van der Waals surface area (Å²) in [6, 6.07) is 0. The minimum Gasteiger partial charge on any atom is -0.343 e. The van der Waals surface area contributed by atoms with Gasteiger partial charge in [-0.25, -0.2) is 0 Å². The molecule has 0 aliphatic heterocycles. The first-order chi connectivity index (χ1) is 12.2. The molecular weight excluding hydrogens is 312 g/mol. The molecule has 0 bridgehead atoms. The lowest BCUT2D eigenvalue weighted by atomic mass is 10.1. The van der Waals surface area contributed by atoms with E-state index in [9.17, 15) is 5.11 Å². The summed E-state index contributed by atoms with van der Waals surface area (Å²) in [6.45, 7) is 6.86. The first-order valence-corrected chi connectivity index (χ1v) is 10.5. The highest BCUT2D eigenvalue weighted by molar-refractivity contribution is 5.01. The molecule has 0 aromatic rings. The van der Waals surface area contributed by atoms with Crippen LogP contribution >= 0.6 is 0 Å². The van der Waals surface area contributed by atoms with Crippen LogP contribution in [0.2, 0.25) is 0 Å². The molecular formula is C22H42O3. The second-order valence-corrected chi connectivity index (χ2v) is 6.56. The van der Waals surface area contributed by atoms with Gasteiger partial charge in [0.1, 0.15) is 0 Å². The van der Waals surface area contributed by atoms with Crippen LogP contribution < -0.4 is 0 Å². The fourth-order valence-corrected chi connectivity index (χ4v) is 2.87. The maximum Gasteiger partial charge on any atom is 0.280 e. The van der Waals surface area contributed by atoms with Crippen molar-refractivity contribution in [1.29, 1.82) is 0 Å². The molecule has 1 N–H and O–H groups in total. The summed E-state index contributed by atoms with van der Waals surface area (Å²) in [5, 5.41) is 10.2. The summed E-state index contributed by atoms with van der Waals surface area (Å²) in [6.07, 6.45) is 23.0. The van der Waals surface area contributed by atoms with Crippen LogP contribution in [0.4, 0.5) is 0 Å². The van der Waals surface area contributed by atoms with Crippen LogP contribution in [0.25, 0.3) is 0 Å². The Morgan fingerprint density at radius 2 is 1.16 bits per heavy atom. The molecule has 0 amide bonds. The summed E-state index contributed by atoms with van der Waals surface area (Å²) in [4.78, 5) is 0. The lowest BCUT2D eigenvalue weighted by molar-refractivity contribution is -0.360. The van der Waals surface area contributed by atoms with Crippen molar-refractivity contribution in [3.8, 4) is 0 Å². The van der Waals surface area contributed by atoms with Crippen LogP contribution in [0.3, 0.4) is 0 Å². The highest BCUT2D eigenvalue weighted by Crippen LogP contribution is 2.19. The molecule has 3 nitrogen and oxygen atoms in total. The number of aliphatic hydroxyl groups is 1. The van der Waals surface area contributed by atoms with Gasteiger partial charge in [0.25, 0.3) is 5.97 Å². The van der Waals surface area contributed by atoms with Gasteiger partial charge in [0, 0.05) is 19.6 Å². The third kappa shape index (κ3) is 16.6. The molecule has 0 atom stereocenters. The number of allylic oxidation sites excluding steroid dienone is 4. The molecule has 0 aromatic heterocycles. The number of hydrogen-bond donors (Lipinski definition) is 1. The fourth-order valence-electron chi connectivity index (χ4n) is 2.87. The summed E-state index contributed by atoms with van der Waals surface area (Å²) in [5.74, 6) is -1.37. The molecule has 0 radical (unpaired) electrons. The van der Waals surface area contributed by atoms with Crippen LogP contribution in [0.15, 0.2) is 24.3 Å². The molecule has 0 aromatic carbocycles. The van der Waals surface area contributed by atoms with Gasteiger partial charge in [-0.3, -0.25) is 0 Å². The predicted octanol–water partition coefficient (Wildman–Crippen LogP) is 6.52. The van der Waals surface area contributed by atoms with Gasteiger partial charge in [-0.2, -0.15) is 0 Å². The van der Waals surface area contributed by atoms with Crippen LogP contribution in [0.5, 0.6) is 0 Å². The topological polar surface area (TPSA) is 38.7 Å². The second-order valence-electron chi connectivity index (χ2n) is 6.56. The minimum absolute atomic E-state index is 0.474. The largest absolute Gasteiger partial charge is 0.343 e. The Kier molecular flexibility index (Phi) is 17.7. The Balaban J connectivity index is 3.38. The average molecular weight is 355 g/mol. The van der Waals surface area contributed by atoms with E-state index in [2.05, 4.69) is 31.2 Å². The van der Waals surface area contributed by atoms with Crippen molar-refractivity contribution in [1.82, 2.24) is 0 Å². The zero-order valence-corrected chi connectivity index (χ0v) is 17.0. The van der Waals surface area contributed by atoms with Crippen molar-refractivity contribution < 1.29 is 14.6 Å². The van der Waals surface area contributed by atoms with E-state index in [0.29, 0.717) is 19.6 Å². The molecule has 25 heavy (non-hydrogen) atoms. The van der Waals surface area contributed by atoms with Crippen LogP contribution in [-0.4, -0.2) is 24.3 Å². The van der Waals surface area contributed by atoms with E-state index in [-0.39, 0.29) is 0 Å². The van der Waals surface area contributed by atoms with Gasteiger partial charge < -0.3 is 14.6 Å². The zero-order valence-electron chi connectivity index (χ0n) is 17.0. The van der Waals surface area contributed by atoms with E-state index in [4.69, 9.17) is 9.47 Å². The van der Waals surface area contributed by atoms with Crippen LogP contribution in [0, 0.1) is 0 Å². The quantitative estimate of drug-likeness (QED) is 0.173. The summed E-state index contributed by atoms with van der Waals surface area (Å²) < 4.78 is 10.6. The SMILES string of the molecule is CC/C=C\C=C/CCCCCCCCCCCC(O)(OCC)OCC. The highest BCUT2D eigenvalue weighted by atomic mass is 16.8. The molecule has 0 rings (SSSR count). The zero-order chi connectivity index (χ0) is 18.6. The van der Waals surface area contributed by atoms with Crippen molar-refractivity contribution in [3.05, 3.63) is 24.3 Å². The molecule has 0 aliphatic carbocycles. The Morgan fingerprint density at radius 1 is 0.680 bits per heavy atom. The molecule has 148 valence electrons. The molecule has 0 saturated carbocycles. The van der Waals surface area contributed by atoms with Crippen molar-refractivity contribution in [3.63, 3.8) is 0 Å². The molecule has 0 fully saturated rings. The van der Waals surface area contributed by atoms with Crippen molar-refractivity contribution in [2.45, 2.75) is 104 Å². The van der Waals surface area contributed by atoms with Gasteiger partial charge in [0.15, 0.2) is 0 Å². The summed E-state index contributed by atoms with van der Waals surface area (Å²) in [5.41, 5.74) is 0. The van der Waals surface area contributed by atoms with Gasteiger partial charge >= 0.3 is 0 Å². The molecule has 0 aliphatic rings. The third-order valence-electron chi connectivity index (χ3n) is 4.22. The van der Waals surface area contributed by atoms with Gasteiger partial charge in [-0.1, -0.05) is 76.2 Å². The summed E-state index contributed by atoms with van der Waals surface area (Å²) in [7, 11) is 0. The maximum atomic E-state index is 10.2. The van der Waals surface area contributed by atoms with E-state index in [1.165, 1.54) is 51.4 Å². The first-order valence-electron chi connectivity index (χ1n) is 10.5. The van der Waals surface area contributed by atoms with E-state index < -0.39 is 5.97 Å². The van der Waals surface area contributed by atoms with Crippen LogP contribution in [0.1, 0.15) is 97.8 Å². The standard InChI is InChI=1S/C22H42O3/c1-4-7-8-9-10-11-12-13-14-15-16-17-18-19-20-21-22(23,24-5-2)25-6-3/h7-10,23H,4-6,11-21H2,1-3H3/b8-7-,10-9-. The fraction of sp³-hybridized carbons (Fsp3) is 0.818. The smallest absolute Gasteiger partial charge is 0.280 e. The third-order valence-corrected chi connectivity index (χ3v) is 4.22. The first kappa shape index (κ1) is 24.4. The predicted molar refractivity (Wildman–Crippen MR) is 108 cm³/mol. The second kappa shape index (κ2) is 18.2. The van der Waals surface area contributed by atoms with Gasteiger partial charge in [-0.15, -0.1) is 0 Å². The lowest BCUT2D eigenvalue weighted by Gasteiger charge is -2.26. The molecule has 0 saturated heterocycles. The number of unbranched alkanes of at least 4 members (excludes halogenated alkanes) is 9. The Morgan fingerprint density at radius 3 is 1.68 bits per heavy atom. The molecule has 0 unspecified atom stereocenters. The highest BCUT2D eigenvalue weighted by Gasteiger charge is 2.26. The summed E-state index contributed by atoms with van der Waals surface area (Å²) >= 11 is 0. The van der Waals surface area contributed by atoms with Gasteiger partial charge in [-0.05, 0) is 39.5 Å². The number of hydrogen-bond acceptors (Lipinski definition) is 3. The van der Waals surface area contributed by atoms with Crippen molar-refractivity contribution in [2.75, 3.05) is 13.2 Å². The molecule has 0 heterocycles. The Bertz CT molecular complexity index is 317. The monoisotopic (exact) mass is 354 g/mol. The molecule has 0 spiro atoms. The Hall–Kier alpha value is -0.640. The normalized spacial score (nSPS) is 12.6. The van der Waals surface area contributed by atoms with E-state index in [1.807, 2.05) is 13.8 Å². The Labute approximate surface area is 156 Å². The van der Waals surface area contributed by atoms with E-state index in [1.54, 1.807) is 0 Å². The van der Waals surface area contributed by atoms with Gasteiger partial charge in [0.2, 0.25) is 0 Å². The lowest BCUT2D eigenvalue weighted by Crippen LogP contribution is -2.35. The number of rotatable bonds is 18. The maximum absolute atomic E-state index is 10.2. The average Bonchev–Trinajstić information content (AvgIpc) is 2.59. The van der Waals surface area contributed by atoms with E-state index in [0.717, 1.165) is 19.3 Å². The molecule has 3 heteroatoms.